The van der Waals surface area contributed by atoms with E-state index in [1.807, 2.05) is 0 Å². The third kappa shape index (κ3) is 3.45. The predicted octanol–water partition coefficient (Wildman–Crippen LogP) is 0.641. The van der Waals surface area contributed by atoms with E-state index in [1.54, 1.807) is 13.0 Å². The Bertz CT molecular complexity index is 628. The number of hydrogen-bond donors (Lipinski definition) is 0. The molecule has 0 saturated heterocycles. The average Bonchev–Trinajstić information content (AvgIpc) is 2.46. The molecule has 0 unspecified atom stereocenters. The molecule has 1 aliphatic heterocycles. The second kappa shape index (κ2) is 6.31. The molecule has 1 aromatic rings. The van der Waals surface area contributed by atoms with Crippen molar-refractivity contribution in [1.82, 2.24) is 4.31 Å². The average molecular weight is 315 g/mol. The van der Waals surface area contributed by atoms with E-state index in [0.29, 0.717) is 24.7 Å². The molecule has 0 amide bonds. The molecule has 0 bridgehead atoms. The Labute approximate surface area is 123 Å². The van der Waals surface area contributed by atoms with Gasteiger partial charge in [0.25, 0.3) is 0 Å². The molecule has 1 aliphatic rings. The normalized spacial score (nSPS) is 14.0. The van der Waals surface area contributed by atoms with Crippen LogP contribution >= 0.6 is 0 Å². The Kier molecular flexibility index (Phi) is 4.69. The van der Waals surface area contributed by atoms with Gasteiger partial charge in [-0.1, -0.05) is 0 Å². The molecule has 0 atom stereocenters. The van der Waals surface area contributed by atoms with Crippen molar-refractivity contribution in [2.45, 2.75) is 11.8 Å². The SMILES string of the molecule is CCOC(=O)CN(C)S(=O)(=O)c1ccc2c(c1)OCCO2. The summed E-state index contributed by atoms with van der Waals surface area (Å²) in [4.78, 5) is 11.4. The van der Waals surface area contributed by atoms with Crippen LogP contribution in [0.2, 0.25) is 0 Å². The lowest BCUT2D eigenvalue weighted by molar-refractivity contribution is -0.143. The van der Waals surface area contributed by atoms with Crippen LogP contribution in [-0.2, 0) is 19.6 Å². The number of nitrogens with zero attached hydrogens (tertiary/aromatic N) is 1. The van der Waals surface area contributed by atoms with Gasteiger partial charge < -0.3 is 14.2 Å². The fourth-order valence-corrected chi connectivity index (χ4v) is 2.97. The fraction of sp³-hybridized carbons (Fsp3) is 0.462. The number of carbonyl (C=O) groups excluding carboxylic acids is 1. The smallest absolute Gasteiger partial charge is 0.321 e. The molecule has 0 aliphatic carbocycles. The fourth-order valence-electron chi connectivity index (χ4n) is 1.84. The first kappa shape index (κ1) is 15.6. The van der Waals surface area contributed by atoms with Gasteiger partial charge in [0.1, 0.15) is 19.8 Å². The lowest BCUT2D eigenvalue weighted by Crippen LogP contribution is -2.33. The highest BCUT2D eigenvalue weighted by Gasteiger charge is 2.25. The second-order valence-corrected chi connectivity index (χ2v) is 6.42. The number of hydrogen-bond acceptors (Lipinski definition) is 6. The minimum Gasteiger partial charge on any atom is -0.486 e. The van der Waals surface area contributed by atoms with E-state index in [-0.39, 0.29) is 18.0 Å². The van der Waals surface area contributed by atoms with Gasteiger partial charge in [-0.3, -0.25) is 4.79 Å². The molecule has 7 nitrogen and oxygen atoms in total. The molecule has 21 heavy (non-hydrogen) atoms. The van der Waals surface area contributed by atoms with Gasteiger partial charge in [0.15, 0.2) is 11.5 Å². The molecular weight excluding hydrogens is 298 g/mol. The van der Waals surface area contributed by atoms with Crippen molar-refractivity contribution in [3.8, 4) is 11.5 Å². The molecule has 0 spiro atoms. The molecule has 0 radical (unpaired) electrons. The van der Waals surface area contributed by atoms with Crippen LogP contribution in [-0.4, -0.2) is 52.1 Å². The molecule has 116 valence electrons. The highest BCUT2D eigenvalue weighted by atomic mass is 32.2. The Hall–Kier alpha value is -1.80. The molecule has 0 N–H and O–H groups in total. The van der Waals surface area contributed by atoms with Crippen LogP contribution in [0.5, 0.6) is 11.5 Å². The first-order valence-corrected chi connectivity index (χ1v) is 7.90. The van der Waals surface area contributed by atoms with E-state index >= 15 is 0 Å². The minimum absolute atomic E-state index is 0.0403. The number of sulfonamides is 1. The van der Waals surface area contributed by atoms with Gasteiger partial charge in [-0.15, -0.1) is 0 Å². The van der Waals surface area contributed by atoms with Crippen molar-refractivity contribution < 1.29 is 27.4 Å². The molecular formula is C13H17NO6S. The highest BCUT2D eigenvalue weighted by Crippen LogP contribution is 2.32. The Balaban J connectivity index is 2.20. The monoisotopic (exact) mass is 315 g/mol. The van der Waals surface area contributed by atoms with E-state index in [1.165, 1.54) is 19.2 Å². The van der Waals surface area contributed by atoms with Gasteiger partial charge in [-0.25, -0.2) is 8.42 Å². The number of ether oxygens (including phenoxy) is 3. The third-order valence-corrected chi connectivity index (χ3v) is 4.68. The summed E-state index contributed by atoms with van der Waals surface area (Å²) in [7, 11) is -2.47. The molecule has 1 heterocycles. The van der Waals surface area contributed by atoms with Crippen LogP contribution in [0.1, 0.15) is 6.92 Å². The van der Waals surface area contributed by atoms with Gasteiger partial charge in [-0.05, 0) is 19.1 Å². The molecule has 8 heteroatoms. The summed E-state index contributed by atoms with van der Waals surface area (Å²) in [5.74, 6) is 0.293. The maximum absolute atomic E-state index is 12.4. The maximum Gasteiger partial charge on any atom is 0.321 e. The molecule has 0 saturated carbocycles. The minimum atomic E-state index is -3.79. The molecule has 0 fully saturated rings. The van der Waals surface area contributed by atoms with E-state index in [2.05, 4.69) is 0 Å². The number of likely N-dealkylation sites (N-methyl/N-ethyl adjacent to an activating group) is 1. The Morgan fingerprint density at radius 2 is 1.95 bits per heavy atom. The van der Waals surface area contributed by atoms with Crippen LogP contribution < -0.4 is 9.47 Å². The van der Waals surface area contributed by atoms with Crippen LogP contribution in [0, 0.1) is 0 Å². The van der Waals surface area contributed by atoms with Crippen molar-refractivity contribution in [1.29, 1.82) is 0 Å². The maximum atomic E-state index is 12.4. The molecule has 0 aromatic heterocycles. The van der Waals surface area contributed by atoms with Crippen LogP contribution in [0.3, 0.4) is 0 Å². The van der Waals surface area contributed by atoms with Gasteiger partial charge in [0, 0.05) is 13.1 Å². The van der Waals surface area contributed by atoms with Gasteiger partial charge in [0.2, 0.25) is 10.0 Å². The lowest BCUT2D eigenvalue weighted by atomic mass is 10.3. The highest BCUT2D eigenvalue weighted by molar-refractivity contribution is 7.89. The standard InChI is InChI=1S/C13H17NO6S/c1-3-18-13(15)9-14(2)21(16,17)10-4-5-11-12(8-10)20-7-6-19-11/h4-5,8H,3,6-7,9H2,1-2H3. The van der Waals surface area contributed by atoms with Crippen LogP contribution in [0.25, 0.3) is 0 Å². The van der Waals surface area contributed by atoms with Crippen molar-refractivity contribution in [2.24, 2.45) is 0 Å². The lowest BCUT2D eigenvalue weighted by Gasteiger charge is -2.20. The van der Waals surface area contributed by atoms with E-state index < -0.39 is 16.0 Å². The summed E-state index contributed by atoms with van der Waals surface area (Å²) in [5, 5.41) is 0. The third-order valence-electron chi connectivity index (χ3n) is 2.88. The Morgan fingerprint density at radius 1 is 1.29 bits per heavy atom. The van der Waals surface area contributed by atoms with Crippen molar-refractivity contribution in [3.63, 3.8) is 0 Å². The summed E-state index contributed by atoms with van der Waals surface area (Å²) in [6, 6.07) is 4.36. The van der Waals surface area contributed by atoms with E-state index in [9.17, 15) is 13.2 Å². The largest absolute Gasteiger partial charge is 0.486 e. The molecule has 1 aromatic carbocycles. The zero-order valence-corrected chi connectivity index (χ0v) is 12.7. The van der Waals surface area contributed by atoms with Crippen LogP contribution in [0.15, 0.2) is 23.1 Å². The second-order valence-electron chi connectivity index (χ2n) is 4.37. The zero-order chi connectivity index (χ0) is 15.5. The quantitative estimate of drug-likeness (QED) is 0.742. The Morgan fingerprint density at radius 3 is 2.62 bits per heavy atom. The molecule has 2 rings (SSSR count). The summed E-state index contributed by atoms with van der Waals surface area (Å²) >= 11 is 0. The first-order valence-electron chi connectivity index (χ1n) is 6.46. The first-order chi connectivity index (χ1) is 9.95. The van der Waals surface area contributed by atoms with Crippen LogP contribution in [0.4, 0.5) is 0 Å². The van der Waals surface area contributed by atoms with E-state index in [4.69, 9.17) is 14.2 Å². The number of carbonyl (C=O) groups is 1. The summed E-state index contributed by atoms with van der Waals surface area (Å²) in [6.07, 6.45) is 0. The summed E-state index contributed by atoms with van der Waals surface area (Å²) in [6.45, 7) is 2.33. The van der Waals surface area contributed by atoms with Crippen molar-refractivity contribution >= 4 is 16.0 Å². The van der Waals surface area contributed by atoms with Gasteiger partial charge in [-0.2, -0.15) is 4.31 Å². The zero-order valence-electron chi connectivity index (χ0n) is 11.9. The van der Waals surface area contributed by atoms with E-state index in [0.717, 1.165) is 4.31 Å². The number of fused-ring (bicyclic) bond motifs is 1. The van der Waals surface area contributed by atoms with Gasteiger partial charge >= 0.3 is 5.97 Å². The number of esters is 1. The number of benzene rings is 1. The topological polar surface area (TPSA) is 82.1 Å². The van der Waals surface area contributed by atoms with Crippen molar-refractivity contribution in [2.75, 3.05) is 33.4 Å². The number of rotatable bonds is 5. The summed E-state index contributed by atoms with van der Waals surface area (Å²) < 4.78 is 41.1. The van der Waals surface area contributed by atoms with Crippen molar-refractivity contribution in [3.05, 3.63) is 18.2 Å². The predicted molar refractivity (Wildman–Crippen MR) is 73.9 cm³/mol. The van der Waals surface area contributed by atoms with Gasteiger partial charge in [0.05, 0.1) is 11.5 Å². The summed E-state index contributed by atoms with van der Waals surface area (Å²) in [5.41, 5.74) is 0.